The summed E-state index contributed by atoms with van der Waals surface area (Å²) in [6.45, 7) is 1.88. The lowest BCUT2D eigenvalue weighted by Gasteiger charge is -2.12. The Hall–Kier alpha value is -1.73. The number of carbonyl (C=O) groups is 1. The Morgan fingerprint density at radius 2 is 2.26 bits per heavy atom. The van der Waals surface area contributed by atoms with Crippen molar-refractivity contribution in [2.45, 2.75) is 13.0 Å². The van der Waals surface area contributed by atoms with Crippen LogP contribution in [0.2, 0.25) is 0 Å². The molecule has 2 N–H and O–H groups in total. The molecule has 0 amide bonds. The molecule has 0 aliphatic rings. The van der Waals surface area contributed by atoms with Crippen LogP contribution in [0.4, 0.5) is 0 Å². The number of esters is 1. The average molecular weight is 325 g/mol. The molecule has 100 valence electrons. The third-order valence-electron chi connectivity index (χ3n) is 2.59. The molecule has 0 fully saturated rings. The zero-order valence-corrected chi connectivity index (χ0v) is 12.1. The highest BCUT2D eigenvalue weighted by atomic mass is 79.9. The van der Waals surface area contributed by atoms with Gasteiger partial charge in [-0.05, 0) is 30.7 Å². The summed E-state index contributed by atoms with van der Waals surface area (Å²) < 4.78 is 7.01. The number of nitrogens with zero attached hydrogens (tertiary/aromatic N) is 3. The van der Waals surface area contributed by atoms with Crippen molar-refractivity contribution >= 4 is 21.9 Å². The molecule has 1 aromatic carbocycles. The fourth-order valence-electron chi connectivity index (χ4n) is 1.66. The molecule has 0 radical (unpaired) electrons. The molecule has 19 heavy (non-hydrogen) atoms. The quantitative estimate of drug-likeness (QED) is 0.871. The standard InChI is InChI=1S/C12H13BrN4O2/c1-7(14)9-5-8(13)3-4-10(9)17-6-15-11(16-17)12(18)19-2/h3-7H,14H2,1-2H3. The van der Waals surface area contributed by atoms with Crippen molar-refractivity contribution in [3.05, 3.63) is 40.4 Å². The number of methoxy groups -OCH3 is 1. The Morgan fingerprint density at radius 1 is 1.53 bits per heavy atom. The Morgan fingerprint density at radius 3 is 2.89 bits per heavy atom. The summed E-state index contributed by atoms with van der Waals surface area (Å²) in [6, 6.07) is 5.48. The summed E-state index contributed by atoms with van der Waals surface area (Å²) in [7, 11) is 1.29. The topological polar surface area (TPSA) is 83.0 Å². The van der Waals surface area contributed by atoms with Crippen LogP contribution in [0.25, 0.3) is 5.69 Å². The number of ether oxygens (including phenoxy) is 1. The first-order valence-corrected chi connectivity index (χ1v) is 6.37. The van der Waals surface area contributed by atoms with E-state index in [-0.39, 0.29) is 11.9 Å². The highest BCUT2D eigenvalue weighted by molar-refractivity contribution is 9.10. The van der Waals surface area contributed by atoms with Crippen LogP contribution in [0, 0.1) is 0 Å². The van der Waals surface area contributed by atoms with Crippen molar-refractivity contribution in [3.8, 4) is 5.69 Å². The molecule has 0 aliphatic carbocycles. The van der Waals surface area contributed by atoms with Crippen LogP contribution in [0.1, 0.15) is 29.1 Å². The smallest absolute Gasteiger partial charge is 0.377 e. The van der Waals surface area contributed by atoms with Gasteiger partial charge >= 0.3 is 5.97 Å². The third kappa shape index (κ3) is 2.82. The van der Waals surface area contributed by atoms with Crippen LogP contribution in [0.15, 0.2) is 29.0 Å². The molecule has 0 spiro atoms. The van der Waals surface area contributed by atoms with Crippen molar-refractivity contribution in [1.29, 1.82) is 0 Å². The lowest BCUT2D eigenvalue weighted by atomic mass is 10.1. The van der Waals surface area contributed by atoms with Gasteiger partial charge in [0, 0.05) is 10.5 Å². The van der Waals surface area contributed by atoms with E-state index in [4.69, 9.17) is 5.73 Å². The van der Waals surface area contributed by atoms with Crippen molar-refractivity contribution < 1.29 is 9.53 Å². The molecule has 2 rings (SSSR count). The van der Waals surface area contributed by atoms with E-state index in [0.29, 0.717) is 0 Å². The van der Waals surface area contributed by atoms with E-state index in [9.17, 15) is 4.79 Å². The zero-order valence-electron chi connectivity index (χ0n) is 10.5. The molecular weight excluding hydrogens is 312 g/mol. The fourth-order valence-corrected chi connectivity index (χ4v) is 2.04. The Kier molecular flexibility index (Phi) is 3.96. The summed E-state index contributed by atoms with van der Waals surface area (Å²) in [4.78, 5) is 15.2. The van der Waals surface area contributed by atoms with Gasteiger partial charge in [-0.25, -0.2) is 14.5 Å². The first-order chi connectivity index (χ1) is 9.02. The Bertz CT molecular complexity index is 610. The average Bonchev–Trinajstić information content (AvgIpc) is 2.87. The molecule has 6 nitrogen and oxygen atoms in total. The van der Waals surface area contributed by atoms with Gasteiger partial charge in [-0.15, -0.1) is 5.10 Å². The number of hydrogen-bond acceptors (Lipinski definition) is 5. The first-order valence-electron chi connectivity index (χ1n) is 5.58. The van der Waals surface area contributed by atoms with Crippen molar-refractivity contribution in [1.82, 2.24) is 14.8 Å². The molecule has 1 heterocycles. The molecular formula is C12H13BrN4O2. The van der Waals surface area contributed by atoms with Crippen molar-refractivity contribution in [2.75, 3.05) is 7.11 Å². The predicted molar refractivity (Wildman–Crippen MR) is 73.0 cm³/mol. The largest absolute Gasteiger partial charge is 0.463 e. The molecule has 1 aromatic heterocycles. The van der Waals surface area contributed by atoms with Crippen molar-refractivity contribution in [3.63, 3.8) is 0 Å². The molecule has 7 heteroatoms. The predicted octanol–water partition coefficient (Wildman–Crippen LogP) is 1.84. The zero-order chi connectivity index (χ0) is 14.0. The highest BCUT2D eigenvalue weighted by Gasteiger charge is 2.15. The van der Waals surface area contributed by atoms with E-state index in [1.165, 1.54) is 18.1 Å². The first kappa shape index (κ1) is 13.7. The monoisotopic (exact) mass is 324 g/mol. The third-order valence-corrected chi connectivity index (χ3v) is 3.08. The number of nitrogens with two attached hydrogens (primary N) is 1. The van der Waals surface area contributed by atoms with Crippen LogP contribution < -0.4 is 5.73 Å². The van der Waals surface area contributed by atoms with Gasteiger partial charge in [0.2, 0.25) is 0 Å². The van der Waals surface area contributed by atoms with E-state index in [1.807, 2.05) is 25.1 Å². The number of carbonyl (C=O) groups excluding carboxylic acids is 1. The lowest BCUT2D eigenvalue weighted by molar-refractivity contribution is 0.0587. The Balaban J connectivity index is 2.47. The van der Waals surface area contributed by atoms with Crippen molar-refractivity contribution in [2.24, 2.45) is 5.73 Å². The summed E-state index contributed by atoms with van der Waals surface area (Å²) >= 11 is 3.40. The summed E-state index contributed by atoms with van der Waals surface area (Å²) in [5.41, 5.74) is 7.62. The molecule has 1 unspecified atom stereocenters. The highest BCUT2D eigenvalue weighted by Crippen LogP contribution is 2.23. The number of benzene rings is 1. The number of aromatic nitrogens is 3. The van der Waals surface area contributed by atoms with Gasteiger partial charge in [-0.2, -0.15) is 0 Å². The minimum absolute atomic E-state index is 0.0149. The number of hydrogen-bond donors (Lipinski definition) is 1. The second-order valence-electron chi connectivity index (χ2n) is 4.00. The summed E-state index contributed by atoms with van der Waals surface area (Å²) in [5, 5.41) is 4.08. The number of rotatable bonds is 3. The van der Waals surface area contributed by atoms with Gasteiger partial charge in [0.15, 0.2) is 0 Å². The molecule has 2 aromatic rings. The summed E-state index contributed by atoms with van der Waals surface area (Å²) in [5.74, 6) is -0.556. The van der Waals surface area contributed by atoms with Crippen LogP contribution in [0.3, 0.4) is 0 Å². The minimum Gasteiger partial charge on any atom is -0.463 e. The van der Waals surface area contributed by atoms with Crippen LogP contribution >= 0.6 is 15.9 Å². The molecule has 0 saturated carbocycles. The van der Waals surface area contributed by atoms with Gasteiger partial charge < -0.3 is 10.5 Å². The second kappa shape index (κ2) is 5.50. The van der Waals surface area contributed by atoms with E-state index >= 15 is 0 Å². The summed E-state index contributed by atoms with van der Waals surface area (Å²) in [6.07, 6.45) is 1.46. The maximum atomic E-state index is 11.3. The molecule has 0 bridgehead atoms. The maximum absolute atomic E-state index is 11.3. The normalized spacial score (nSPS) is 12.2. The van der Waals surface area contributed by atoms with Crippen LogP contribution in [-0.2, 0) is 4.74 Å². The second-order valence-corrected chi connectivity index (χ2v) is 4.91. The van der Waals surface area contributed by atoms with Gasteiger partial charge in [0.1, 0.15) is 6.33 Å². The maximum Gasteiger partial charge on any atom is 0.377 e. The molecule has 0 aliphatic heterocycles. The van der Waals surface area contributed by atoms with Gasteiger partial charge in [-0.3, -0.25) is 0 Å². The lowest BCUT2D eigenvalue weighted by Crippen LogP contribution is -2.11. The fraction of sp³-hybridized carbons (Fsp3) is 0.250. The minimum atomic E-state index is -0.571. The van der Waals surface area contributed by atoms with E-state index < -0.39 is 5.97 Å². The van der Waals surface area contributed by atoms with E-state index in [2.05, 4.69) is 30.7 Å². The van der Waals surface area contributed by atoms with Crippen LogP contribution in [-0.4, -0.2) is 27.8 Å². The molecule has 0 saturated heterocycles. The van der Waals surface area contributed by atoms with Crippen LogP contribution in [0.5, 0.6) is 0 Å². The SMILES string of the molecule is COC(=O)c1ncn(-c2ccc(Br)cc2C(C)N)n1. The molecule has 1 atom stereocenters. The number of halogens is 1. The Labute approximate surface area is 118 Å². The van der Waals surface area contributed by atoms with E-state index in [0.717, 1.165) is 15.7 Å². The van der Waals surface area contributed by atoms with Gasteiger partial charge in [0.25, 0.3) is 5.82 Å². The van der Waals surface area contributed by atoms with E-state index in [1.54, 1.807) is 0 Å². The van der Waals surface area contributed by atoms with Gasteiger partial charge in [-0.1, -0.05) is 15.9 Å². The van der Waals surface area contributed by atoms with Gasteiger partial charge in [0.05, 0.1) is 12.8 Å².